The molecule has 5 nitrogen and oxygen atoms in total. The summed E-state index contributed by atoms with van der Waals surface area (Å²) in [7, 11) is 3.23. The van der Waals surface area contributed by atoms with Gasteiger partial charge in [0.2, 0.25) is 5.91 Å². The Balaban J connectivity index is 1.58. The zero-order valence-corrected chi connectivity index (χ0v) is 16.5. The van der Waals surface area contributed by atoms with E-state index in [2.05, 4.69) is 0 Å². The highest BCUT2D eigenvalue weighted by Gasteiger charge is 2.23. The third-order valence-corrected chi connectivity index (χ3v) is 4.90. The number of rotatable bonds is 7. The van der Waals surface area contributed by atoms with E-state index in [9.17, 15) is 4.79 Å². The van der Waals surface area contributed by atoms with E-state index in [-0.39, 0.29) is 5.91 Å². The average molecular weight is 381 g/mol. The second-order valence-electron chi connectivity index (χ2n) is 6.86. The molecule has 0 spiro atoms. The maximum Gasteiger partial charge on any atom is 0.246 e. The van der Waals surface area contributed by atoms with Crippen molar-refractivity contribution < 1.29 is 19.0 Å². The first-order valence-corrected chi connectivity index (χ1v) is 9.56. The maximum atomic E-state index is 12.7. The van der Waals surface area contributed by atoms with Gasteiger partial charge in [0, 0.05) is 30.6 Å². The van der Waals surface area contributed by atoms with Gasteiger partial charge >= 0.3 is 0 Å². The quantitative estimate of drug-likeness (QED) is 0.680. The molecule has 2 aromatic rings. The number of hydrogen-bond donors (Lipinski definition) is 0. The molecule has 1 heterocycles. The van der Waals surface area contributed by atoms with Gasteiger partial charge in [-0.05, 0) is 49.2 Å². The number of nitrogens with zero attached hydrogens (tertiary/aromatic N) is 1. The van der Waals surface area contributed by atoms with Crippen LogP contribution in [0.2, 0.25) is 0 Å². The van der Waals surface area contributed by atoms with Gasteiger partial charge in [0.25, 0.3) is 0 Å². The average Bonchev–Trinajstić information content (AvgIpc) is 2.76. The van der Waals surface area contributed by atoms with Gasteiger partial charge in [-0.3, -0.25) is 4.79 Å². The Hall–Kier alpha value is -2.95. The first-order valence-electron chi connectivity index (χ1n) is 9.56. The van der Waals surface area contributed by atoms with Crippen LogP contribution in [0.1, 0.15) is 18.4 Å². The second-order valence-corrected chi connectivity index (χ2v) is 6.86. The number of piperidine rings is 1. The molecule has 1 saturated heterocycles. The van der Waals surface area contributed by atoms with Crippen LogP contribution in [-0.4, -0.2) is 44.7 Å². The van der Waals surface area contributed by atoms with Crippen LogP contribution in [-0.2, 0) is 4.79 Å². The lowest BCUT2D eigenvalue weighted by atomic mass is 9.99. The highest BCUT2D eigenvalue weighted by Crippen LogP contribution is 2.25. The van der Waals surface area contributed by atoms with Crippen LogP contribution in [0.15, 0.2) is 54.6 Å². The zero-order chi connectivity index (χ0) is 19.8. The molecule has 3 rings (SSSR count). The topological polar surface area (TPSA) is 48.0 Å². The molecule has 28 heavy (non-hydrogen) atoms. The summed E-state index contributed by atoms with van der Waals surface area (Å²) in [5.41, 5.74) is 0.816. The van der Waals surface area contributed by atoms with Crippen molar-refractivity contribution in [1.29, 1.82) is 0 Å². The van der Waals surface area contributed by atoms with Crippen LogP contribution in [0.4, 0.5) is 0 Å². The standard InChI is InChI=1S/C23H27NO4/c1-26-21-11-12-22(27-2)19(15-21)10-13-23(25)24-14-6-7-18(16-24)17-28-20-8-4-3-5-9-20/h3-5,8-13,15,18H,6-7,14,16-17H2,1-2H3/b13-10+. The summed E-state index contributed by atoms with van der Waals surface area (Å²) in [4.78, 5) is 14.6. The van der Waals surface area contributed by atoms with Gasteiger partial charge in [-0.1, -0.05) is 18.2 Å². The molecule has 1 amide bonds. The van der Waals surface area contributed by atoms with Crippen LogP contribution in [0, 0.1) is 5.92 Å². The monoisotopic (exact) mass is 381 g/mol. The Morgan fingerprint density at radius 3 is 2.68 bits per heavy atom. The highest BCUT2D eigenvalue weighted by atomic mass is 16.5. The normalized spacial score (nSPS) is 16.8. The van der Waals surface area contributed by atoms with E-state index >= 15 is 0 Å². The summed E-state index contributed by atoms with van der Waals surface area (Å²) >= 11 is 0. The van der Waals surface area contributed by atoms with Crippen molar-refractivity contribution in [3.63, 3.8) is 0 Å². The Morgan fingerprint density at radius 2 is 1.93 bits per heavy atom. The summed E-state index contributed by atoms with van der Waals surface area (Å²) < 4.78 is 16.5. The van der Waals surface area contributed by atoms with E-state index < -0.39 is 0 Å². The lowest BCUT2D eigenvalue weighted by Gasteiger charge is -2.32. The molecule has 1 aliphatic rings. The van der Waals surface area contributed by atoms with E-state index in [0.717, 1.165) is 36.4 Å². The number of hydrogen-bond acceptors (Lipinski definition) is 4. The Kier molecular flexibility index (Phi) is 6.95. The minimum absolute atomic E-state index is 0.00860. The van der Waals surface area contributed by atoms with Gasteiger partial charge in [0.15, 0.2) is 0 Å². The zero-order valence-electron chi connectivity index (χ0n) is 16.5. The van der Waals surface area contributed by atoms with E-state index in [0.29, 0.717) is 24.8 Å². The van der Waals surface area contributed by atoms with Crippen molar-refractivity contribution in [2.24, 2.45) is 5.92 Å². The molecule has 0 aromatic heterocycles. The third-order valence-electron chi connectivity index (χ3n) is 4.90. The predicted molar refractivity (Wildman–Crippen MR) is 110 cm³/mol. The van der Waals surface area contributed by atoms with E-state index in [1.165, 1.54) is 0 Å². The lowest BCUT2D eigenvalue weighted by molar-refractivity contribution is -0.127. The SMILES string of the molecule is COc1ccc(OC)c(/C=C/C(=O)N2CCCC(COc3ccccc3)C2)c1. The lowest BCUT2D eigenvalue weighted by Crippen LogP contribution is -2.40. The van der Waals surface area contributed by atoms with Crippen molar-refractivity contribution in [1.82, 2.24) is 4.90 Å². The molecule has 5 heteroatoms. The maximum absolute atomic E-state index is 12.7. The fraction of sp³-hybridized carbons (Fsp3) is 0.348. The van der Waals surface area contributed by atoms with E-state index in [1.807, 2.05) is 53.4 Å². The van der Waals surface area contributed by atoms with Crippen LogP contribution < -0.4 is 14.2 Å². The molecular weight excluding hydrogens is 354 g/mol. The van der Waals surface area contributed by atoms with Crippen LogP contribution in [0.3, 0.4) is 0 Å². The number of amides is 1. The summed E-state index contributed by atoms with van der Waals surface area (Å²) in [5, 5.41) is 0. The number of benzene rings is 2. The Morgan fingerprint density at radius 1 is 1.11 bits per heavy atom. The summed E-state index contributed by atoms with van der Waals surface area (Å²) in [5.74, 6) is 2.66. The van der Waals surface area contributed by atoms with Crippen molar-refractivity contribution in [3.8, 4) is 17.2 Å². The van der Waals surface area contributed by atoms with Crippen molar-refractivity contribution >= 4 is 12.0 Å². The number of likely N-dealkylation sites (tertiary alicyclic amines) is 1. The Bertz CT molecular complexity index is 804. The van der Waals surface area contributed by atoms with Gasteiger partial charge < -0.3 is 19.1 Å². The van der Waals surface area contributed by atoms with Crippen molar-refractivity contribution in [2.75, 3.05) is 33.9 Å². The van der Waals surface area contributed by atoms with Crippen LogP contribution in [0.25, 0.3) is 6.08 Å². The molecular formula is C23H27NO4. The van der Waals surface area contributed by atoms with Crippen molar-refractivity contribution in [2.45, 2.75) is 12.8 Å². The molecule has 0 aliphatic carbocycles. The first kappa shape index (κ1) is 19.8. The molecule has 1 aliphatic heterocycles. The molecule has 148 valence electrons. The number of carbonyl (C=O) groups is 1. The molecule has 2 aromatic carbocycles. The number of ether oxygens (including phenoxy) is 3. The highest BCUT2D eigenvalue weighted by molar-refractivity contribution is 5.92. The van der Waals surface area contributed by atoms with Gasteiger partial charge in [-0.25, -0.2) is 0 Å². The smallest absolute Gasteiger partial charge is 0.246 e. The van der Waals surface area contributed by atoms with Gasteiger partial charge in [-0.15, -0.1) is 0 Å². The second kappa shape index (κ2) is 9.83. The number of carbonyl (C=O) groups excluding carboxylic acids is 1. The molecule has 0 radical (unpaired) electrons. The van der Waals surface area contributed by atoms with E-state index in [4.69, 9.17) is 14.2 Å². The molecule has 0 saturated carbocycles. The van der Waals surface area contributed by atoms with Gasteiger partial charge in [0.1, 0.15) is 17.2 Å². The fourth-order valence-electron chi connectivity index (χ4n) is 3.37. The predicted octanol–water partition coefficient (Wildman–Crippen LogP) is 4.03. The summed E-state index contributed by atoms with van der Waals surface area (Å²) in [6.07, 6.45) is 5.46. The minimum atomic E-state index is 0.00860. The third kappa shape index (κ3) is 5.28. The number of methoxy groups -OCH3 is 2. The molecule has 1 unspecified atom stereocenters. The molecule has 1 atom stereocenters. The Labute approximate surface area is 166 Å². The summed E-state index contributed by atoms with van der Waals surface area (Å²) in [6, 6.07) is 15.3. The van der Waals surface area contributed by atoms with Crippen molar-refractivity contribution in [3.05, 3.63) is 60.2 Å². The van der Waals surface area contributed by atoms with Crippen LogP contribution in [0.5, 0.6) is 17.2 Å². The minimum Gasteiger partial charge on any atom is -0.497 e. The fourth-order valence-corrected chi connectivity index (χ4v) is 3.37. The van der Waals surface area contributed by atoms with Crippen LogP contribution >= 0.6 is 0 Å². The largest absolute Gasteiger partial charge is 0.497 e. The molecule has 0 N–H and O–H groups in total. The van der Waals surface area contributed by atoms with E-state index in [1.54, 1.807) is 26.4 Å². The first-order chi connectivity index (χ1) is 13.7. The molecule has 0 bridgehead atoms. The summed E-state index contributed by atoms with van der Waals surface area (Å²) in [6.45, 7) is 2.12. The molecule has 1 fully saturated rings. The van der Waals surface area contributed by atoms with Gasteiger partial charge in [0.05, 0.1) is 20.8 Å². The number of para-hydroxylation sites is 1. The van der Waals surface area contributed by atoms with Gasteiger partial charge in [-0.2, -0.15) is 0 Å².